The summed E-state index contributed by atoms with van der Waals surface area (Å²) in [6, 6.07) is 16.4. The van der Waals surface area contributed by atoms with Gasteiger partial charge in [-0.15, -0.1) is 11.8 Å². The van der Waals surface area contributed by atoms with Crippen LogP contribution in [0.4, 0.5) is 4.39 Å². The zero-order valence-corrected chi connectivity index (χ0v) is 16.3. The first-order valence-electron chi connectivity index (χ1n) is 9.20. The number of halogens is 1. The van der Waals surface area contributed by atoms with Gasteiger partial charge < -0.3 is 10.1 Å². The molecule has 3 rings (SSSR count). The number of ether oxygens (including phenoxy) is 1. The van der Waals surface area contributed by atoms with Crippen molar-refractivity contribution in [3.05, 3.63) is 66.0 Å². The highest BCUT2D eigenvalue weighted by atomic mass is 32.2. The van der Waals surface area contributed by atoms with Crippen LogP contribution in [0.25, 0.3) is 0 Å². The van der Waals surface area contributed by atoms with E-state index in [1.807, 2.05) is 37.3 Å². The topological polar surface area (TPSA) is 41.6 Å². The van der Waals surface area contributed by atoms with Crippen molar-refractivity contribution >= 4 is 17.7 Å². The molecule has 0 bridgehead atoms. The summed E-state index contributed by atoms with van der Waals surface area (Å²) in [6.07, 6.45) is 0. The van der Waals surface area contributed by atoms with Crippen molar-refractivity contribution in [3.63, 3.8) is 0 Å². The molecule has 1 aliphatic heterocycles. The third-order valence-corrected chi connectivity index (χ3v) is 5.75. The lowest BCUT2D eigenvalue weighted by atomic mass is 10.0. The van der Waals surface area contributed by atoms with Crippen LogP contribution in [0, 0.1) is 5.82 Å². The Bertz CT molecular complexity index is 721. The van der Waals surface area contributed by atoms with Gasteiger partial charge in [0.2, 0.25) is 5.91 Å². The Labute approximate surface area is 164 Å². The molecule has 2 unspecified atom stereocenters. The summed E-state index contributed by atoms with van der Waals surface area (Å²) in [5, 5.41) is 2.89. The van der Waals surface area contributed by atoms with Crippen LogP contribution in [0.15, 0.2) is 59.5 Å². The summed E-state index contributed by atoms with van der Waals surface area (Å²) in [7, 11) is 0. The molecule has 0 saturated carbocycles. The molecular weight excluding hydrogens is 363 g/mol. The molecule has 2 aromatic rings. The highest BCUT2D eigenvalue weighted by Gasteiger charge is 2.24. The average molecular weight is 389 g/mol. The van der Waals surface area contributed by atoms with Crippen LogP contribution < -0.4 is 5.32 Å². The Morgan fingerprint density at radius 3 is 2.48 bits per heavy atom. The zero-order chi connectivity index (χ0) is 19.1. The Balaban J connectivity index is 1.62. The predicted octanol–water partition coefficient (Wildman–Crippen LogP) is 3.50. The van der Waals surface area contributed by atoms with E-state index in [0.29, 0.717) is 19.8 Å². The quantitative estimate of drug-likeness (QED) is 0.737. The second kappa shape index (κ2) is 9.88. The van der Waals surface area contributed by atoms with E-state index < -0.39 is 0 Å². The van der Waals surface area contributed by atoms with Crippen LogP contribution in [0.2, 0.25) is 0 Å². The fourth-order valence-corrected chi connectivity index (χ4v) is 4.04. The van der Waals surface area contributed by atoms with Gasteiger partial charge in [-0.2, -0.15) is 0 Å². The normalized spacial score (nSPS) is 17.3. The Hall–Kier alpha value is -1.89. The van der Waals surface area contributed by atoms with Crippen LogP contribution in [-0.2, 0) is 9.53 Å². The molecule has 0 radical (unpaired) electrons. The monoisotopic (exact) mass is 388 g/mol. The molecule has 1 fully saturated rings. The molecule has 2 atom stereocenters. The maximum Gasteiger partial charge on any atom is 0.233 e. The molecule has 0 aromatic heterocycles. The lowest BCUT2D eigenvalue weighted by molar-refractivity contribution is -0.120. The van der Waals surface area contributed by atoms with Gasteiger partial charge in [-0.3, -0.25) is 9.69 Å². The number of benzene rings is 2. The second-order valence-electron chi connectivity index (χ2n) is 6.53. The number of carbonyl (C=O) groups excluding carboxylic acids is 1. The van der Waals surface area contributed by atoms with E-state index in [4.69, 9.17) is 4.74 Å². The van der Waals surface area contributed by atoms with Crippen molar-refractivity contribution in [1.82, 2.24) is 10.2 Å². The number of nitrogens with one attached hydrogen (secondary N) is 1. The summed E-state index contributed by atoms with van der Waals surface area (Å²) in [6.45, 7) is 5.34. The molecule has 0 spiro atoms. The van der Waals surface area contributed by atoms with E-state index >= 15 is 0 Å². The largest absolute Gasteiger partial charge is 0.379 e. The number of thioether (sulfide) groups is 1. The number of carbonyl (C=O) groups is 1. The average Bonchev–Trinajstić information content (AvgIpc) is 2.71. The zero-order valence-electron chi connectivity index (χ0n) is 15.4. The standard InChI is InChI=1S/C21H25FN2O2S/c1-16(27-19-5-3-2-4-6-19)21(25)23-15-20(24-11-13-26-14-12-24)17-7-9-18(22)10-8-17/h2-10,16,20H,11-15H2,1H3,(H,23,25). The summed E-state index contributed by atoms with van der Waals surface area (Å²) in [5.74, 6) is -0.249. The second-order valence-corrected chi connectivity index (χ2v) is 7.95. The lowest BCUT2D eigenvalue weighted by Crippen LogP contribution is -2.44. The number of hydrogen-bond donors (Lipinski definition) is 1. The van der Waals surface area contributed by atoms with Gasteiger partial charge >= 0.3 is 0 Å². The third kappa shape index (κ3) is 5.79. The number of nitrogens with zero attached hydrogens (tertiary/aromatic N) is 1. The van der Waals surface area contributed by atoms with E-state index in [1.54, 1.807) is 23.9 Å². The summed E-state index contributed by atoms with van der Waals surface area (Å²) >= 11 is 1.54. The highest BCUT2D eigenvalue weighted by molar-refractivity contribution is 8.00. The molecule has 27 heavy (non-hydrogen) atoms. The fourth-order valence-electron chi connectivity index (χ4n) is 3.13. The molecule has 0 aliphatic carbocycles. The number of rotatable bonds is 7. The smallest absolute Gasteiger partial charge is 0.233 e. The first-order chi connectivity index (χ1) is 13.1. The van der Waals surface area contributed by atoms with E-state index in [9.17, 15) is 9.18 Å². The minimum atomic E-state index is -0.253. The molecule has 1 N–H and O–H groups in total. The van der Waals surface area contributed by atoms with Crippen molar-refractivity contribution in [1.29, 1.82) is 0 Å². The Morgan fingerprint density at radius 1 is 1.15 bits per heavy atom. The van der Waals surface area contributed by atoms with Crippen molar-refractivity contribution in [2.75, 3.05) is 32.8 Å². The molecule has 6 heteroatoms. The molecule has 1 aliphatic rings. The van der Waals surface area contributed by atoms with E-state index in [2.05, 4.69) is 10.2 Å². The van der Waals surface area contributed by atoms with Crippen LogP contribution >= 0.6 is 11.8 Å². The van der Waals surface area contributed by atoms with Gasteiger partial charge in [-0.1, -0.05) is 30.3 Å². The van der Waals surface area contributed by atoms with Crippen molar-refractivity contribution in [2.45, 2.75) is 23.1 Å². The Kier molecular flexibility index (Phi) is 7.26. The van der Waals surface area contributed by atoms with Crippen LogP contribution in [0.3, 0.4) is 0 Å². The van der Waals surface area contributed by atoms with Crippen LogP contribution in [0.1, 0.15) is 18.5 Å². The molecular formula is C21H25FN2O2S. The first kappa shape index (κ1) is 19.9. The van der Waals surface area contributed by atoms with Gasteiger partial charge in [0.25, 0.3) is 0 Å². The molecule has 1 saturated heterocycles. The van der Waals surface area contributed by atoms with Gasteiger partial charge in [-0.05, 0) is 36.8 Å². The van der Waals surface area contributed by atoms with Crippen molar-refractivity contribution in [3.8, 4) is 0 Å². The van der Waals surface area contributed by atoms with Gasteiger partial charge in [0.1, 0.15) is 5.82 Å². The van der Waals surface area contributed by atoms with Crippen LogP contribution in [0.5, 0.6) is 0 Å². The summed E-state index contributed by atoms with van der Waals surface area (Å²) < 4.78 is 18.8. The van der Waals surface area contributed by atoms with E-state index in [0.717, 1.165) is 23.5 Å². The maximum atomic E-state index is 13.3. The van der Waals surface area contributed by atoms with Crippen molar-refractivity contribution in [2.24, 2.45) is 0 Å². The van der Waals surface area contributed by atoms with Crippen LogP contribution in [-0.4, -0.2) is 48.9 Å². The highest BCUT2D eigenvalue weighted by Crippen LogP contribution is 2.24. The number of morpholine rings is 1. The van der Waals surface area contributed by atoms with Gasteiger partial charge in [0, 0.05) is 24.5 Å². The summed E-state index contributed by atoms with van der Waals surface area (Å²) in [4.78, 5) is 15.9. The van der Waals surface area contributed by atoms with Crippen molar-refractivity contribution < 1.29 is 13.9 Å². The predicted molar refractivity (Wildman–Crippen MR) is 106 cm³/mol. The number of amides is 1. The fraction of sp³-hybridized carbons (Fsp3) is 0.381. The molecule has 1 heterocycles. The third-order valence-electron chi connectivity index (χ3n) is 4.64. The Morgan fingerprint density at radius 2 is 1.81 bits per heavy atom. The lowest BCUT2D eigenvalue weighted by Gasteiger charge is -2.35. The van der Waals surface area contributed by atoms with Gasteiger partial charge in [0.05, 0.1) is 24.5 Å². The SMILES string of the molecule is CC(Sc1ccccc1)C(=O)NCC(c1ccc(F)cc1)N1CCOCC1. The number of hydrogen-bond acceptors (Lipinski definition) is 4. The molecule has 2 aromatic carbocycles. The van der Waals surface area contributed by atoms with Gasteiger partial charge in [0.15, 0.2) is 0 Å². The van der Waals surface area contributed by atoms with E-state index in [-0.39, 0.29) is 23.0 Å². The minimum absolute atomic E-state index is 0.00391. The summed E-state index contributed by atoms with van der Waals surface area (Å²) in [5.41, 5.74) is 1.00. The first-order valence-corrected chi connectivity index (χ1v) is 10.1. The molecule has 144 valence electrons. The maximum absolute atomic E-state index is 13.3. The van der Waals surface area contributed by atoms with Gasteiger partial charge in [-0.25, -0.2) is 4.39 Å². The minimum Gasteiger partial charge on any atom is -0.379 e. The molecule has 1 amide bonds. The molecule has 4 nitrogen and oxygen atoms in total. The van der Waals surface area contributed by atoms with E-state index in [1.165, 1.54) is 12.1 Å².